The Balaban J connectivity index is 0.00000176. The number of benzene rings is 1. The topological polar surface area (TPSA) is 116 Å². The summed E-state index contributed by atoms with van der Waals surface area (Å²) in [7, 11) is 0. The number of amidine groups is 1. The van der Waals surface area contributed by atoms with E-state index in [-0.39, 0.29) is 18.4 Å². The minimum absolute atomic E-state index is 0.0858. The molecule has 3 heterocycles. The number of carbonyl (C=O) groups is 2. The van der Waals surface area contributed by atoms with Gasteiger partial charge in [0.15, 0.2) is 0 Å². The molecule has 2 aliphatic heterocycles. The third-order valence-corrected chi connectivity index (χ3v) is 7.00. The van der Waals surface area contributed by atoms with Crippen molar-refractivity contribution >= 4 is 52.0 Å². The number of anilines is 2. The first kappa shape index (κ1) is 27.6. The van der Waals surface area contributed by atoms with Gasteiger partial charge >= 0.3 is 0 Å². The van der Waals surface area contributed by atoms with Crippen LogP contribution in [0.2, 0.25) is 4.34 Å². The highest BCUT2D eigenvalue weighted by Gasteiger charge is 2.44. The van der Waals surface area contributed by atoms with Crippen molar-refractivity contribution in [3.05, 3.63) is 45.1 Å². The van der Waals surface area contributed by atoms with Crippen molar-refractivity contribution in [3.8, 4) is 6.19 Å². The number of nitrogens with one attached hydrogen (secondary N) is 2. The normalized spacial score (nSPS) is 20.6. The van der Waals surface area contributed by atoms with E-state index >= 15 is 0 Å². The maximum Gasteiger partial charge on any atom is 0.262 e. The summed E-state index contributed by atoms with van der Waals surface area (Å²) in [4.78, 5) is 32.4. The lowest BCUT2D eigenvalue weighted by molar-refractivity contribution is -0.122. The van der Waals surface area contributed by atoms with Gasteiger partial charge in [-0.2, -0.15) is 10.3 Å². The highest BCUT2D eigenvalue weighted by Crippen LogP contribution is 2.28. The summed E-state index contributed by atoms with van der Waals surface area (Å²) in [5.74, 6) is -0.0573. The molecule has 1 aromatic carbocycles. The Bertz CT molecular complexity index is 1150. The van der Waals surface area contributed by atoms with E-state index in [1.807, 2.05) is 44.0 Å². The number of rotatable bonds is 5. The Labute approximate surface area is 220 Å². The second kappa shape index (κ2) is 12.8. The molecule has 11 heteroatoms. The van der Waals surface area contributed by atoms with Crippen LogP contribution in [0.1, 0.15) is 41.9 Å². The van der Waals surface area contributed by atoms with Gasteiger partial charge in [0.25, 0.3) is 11.8 Å². The largest absolute Gasteiger partial charge is 0.379 e. The van der Waals surface area contributed by atoms with Gasteiger partial charge in [-0.1, -0.05) is 25.4 Å². The fourth-order valence-electron chi connectivity index (χ4n) is 4.02. The van der Waals surface area contributed by atoms with Gasteiger partial charge in [-0.05, 0) is 42.8 Å². The zero-order chi connectivity index (χ0) is 26.1. The third kappa shape index (κ3) is 6.42. The van der Waals surface area contributed by atoms with Crippen molar-refractivity contribution in [1.82, 2.24) is 5.32 Å². The second-order valence-electron chi connectivity index (χ2n) is 8.04. The molecule has 1 aromatic heterocycles. The summed E-state index contributed by atoms with van der Waals surface area (Å²) in [6.45, 7) is 8.00. The molecular weight excluding hydrogens is 502 g/mol. The Morgan fingerprint density at radius 1 is 1.19 bits per heavy atom. The maximum atomic E-state index is 13.3. The highest BCUT2D eigenvalue weighted by molar-refractivity contribution is 7.18. The maximum absolute atomic E-state index is 13.3. The Morgan fingerprint density at radius 3 is 2.64 bits per heavy atom. The Hall–Kier alpha value is -2.97. The molecule has 2 fully saturated rings. The van der Waals surface area contributed by atoms with Crippen LogP contribution >= 0.6 is 22.9 Å². The molecule has 9 nitrogen and oxygen atoms in total. The smallest absolute Gasteiger partial charge is 0.262 e. The predicted octanol–water partition coefficient (Wildman–Crippen LogP) is 4.37. The second-order valence-corrected chi connectivity index (χ2v) is 9.76. The van der Waals surface area contributed by atoms with E-state index in [1.54, 1.807) is 18.2 Å². The molecule has 2 aliphatic rings. The number of halogens is 1. The van der Waals surface area contributed by atoms with Crippen molar-refractivity contribution in [2.24, 2.45) is 4.99 Å². The fraction of sp³-hybridized carbons (Fsp3) is 0.440. The lowest BCUT2D eigenvalue weighted by Gasteiger charge is -2.28. The highest BCUT2D eigenvalue weighted by atomic mass is 35.5. The van der Waals surface area contributed by atoms with Crippen molar-refractivity contribution in [2.45, 2.75) is 39.2 Å². The number of aryl methyl sites for hydroxylation is 1. The van der Waals surface area contributed by atoms with Crippen LogP contribution in [-0.2, 0) is 14.3 Å². The summed E-state index contributed by atoms with van der Waals surface area (Å²) in [5, 5.41) is 14.8. The molecule has 0 unspecified atom stereocenters. The van der Waals surface area contributed by atoms with E-state index in [1.165, 1.54) is 0 Å². The SMILES string of the molecule is CC.Cc1cc(NC(=O)[C@@]2(NC(=O)c3ccc(Cl)s3)CCOC2)ccc1N1CCOCCC1=NC#N. The number of thiophene rings is 1. The molecule has 36 heavy (non-hydrogen) atoms. The van der Waals surface area contributed by atoms with Crippen LogP contribution in [0.4, 0.5) is 11.4 Å². The minimum atomic E-state index is -1.17. The number of nitriles is 1. The predicted molar refractivity (Wildman–Crippen MR) is 142 cm³/mol. The summed E-state index contributed by atoms with van der Waals surface area (Å²) in [5.41, 5.74) is 1.21. The number of ether oxygens (including phenoxy) is 2. The molecule has 0 radical (unpaired) electrons. The number of amides is 2. The van der Waals surface area contributed by atoms with Crippen LogP contribution in [0.15, 0.2) is 35.3 Å². The molecule has 0 bridgehead atoms. The average molecular weight is 532 g/mol. The molecule has 192 valence electrons. The number of carbonyl (C=O) groups excluding carboxylic acids is 2. The van der Waals surface area contributed by atoms with E-state index in [2.05, 4.69) is 15.6 Å². The van der Waals surface area contributed by atoms with Crippen LogP contribution < -0.4 is 15.5 Å². The van der Waals surface area contributed by atoms with Crippen LogP contribution in [0.3, 0.4) is 0 Å². The molecule has 2 N–H and O–H groups in total. The molecule has 2 amide bonds. The van der Waals surface area contributed by atoms with Crippen LogP contribution in [0.25, 0.3) is 0 Å². The first-order chi connectivity index (χ1) is 17.4. The quantitative estimate of drug-likeness (QED) is 0.553. The van der Waals surface area contributed by atoms with Crippen molar-refractivity contribution < 1.29 is 19.1 Å². The minimum Gasteiger partial charge on any atom is -0.379 e. The van der Waals surface area contributed by atoms with Gasteiger partial charge in [-0.3, -0.25) is 9.59 Å². The van der Waals surface area contributed by atoms with Gasteiger partial charge in [-0.25, -0.2) is 0 Å². The molecule has 0 saturated carbocycles. The number of aliphatic imine (C=N–C) groups is 1. The summed E-state index contributed by atoms with van der Waals surface area (Å²) >= 11 is 7.10. The van der Waals surface area contributed by atoms with Crippen LogP contribution in [-0.4, -0.2) is 56.2 Å². The van der Waals surface area contributed by atoms with Gasteiger partial charge in [0, 0.05) is 37.4 Å². The number of hydrogen-bond donors (Lipinski definition) is 2. The Morgan fingerprint density at radius 2 is 2.00 bits per heavy atom. The molecule has 1 atom stereocenters. The monoisotopic (exact) mass is 531 g/mol. The van der Waals surface area contributed by atoms with Gasteiger partial charge in [-0.15, -0.1) is 11.3 Å². The molecule has 0 spiro atoms. The number of hydrogen-bond acceptors (Lipinski definition) is 7. The van der Waals surface area contributed by atoms with E-state index in [9.17, 15) is 9.59 Å². The first-order valence-electron chi connectivity index (χ1n) is 11.8. The molecule has 2 saturated heterocycles. The summed E-state index contributed by atoms with van der Waals surface area (Å²) in [6.07, 6.45) is 2.78. The average Bonchev–Trinajstić information content (AvgIpc) is 3.46. The molecule has 0 aliphatic carbocycles. The van der Waals surface area contributed by atoms with E-state index in [0.29, 0.717) is 59.9 Å². The standard InChI is InChI=1S/C23H24ClN5O4S.C2H6/c1-15-12-16(2-3-17(15)29-8-11-32-9-6-20(29)26-14-25)27-22(31)23(7-10-33-13-23)28-21(30)18-4-5-19(24)34-18;1-2/h2-5,12H,6-11,13H2,1H3,(H,27,31)(H,28,30);1-2H3/t23-;/m1./s1. The lowest BCUT2D eigenvalue weighted by atomic mass is 9.96. The molecule has 2 aromatic rings. The van der Waals surface area contributed by atoms with Crippen molar-refractivity contribution in [3.63, 3.8) is 0 Å². The first-order valence-corrected chi connectivity index (χ1v) is 13.0. The van der Waals surface area contributed by atoms with Gasteiger partial charge in [0.1, 0.15) is 11.4 Å². The zero-order valence-electron chi connectivity index (χ0n) is 20.6. The van der Waals surface area contributed by atoms with Gasteiger partial charge in [0.05, 0.1) is 29.0 Å². The lowest BCUT2D eigenvalue weighted by Crippen LogP contribution is -2.57. The van der Waals surface area contributed by atoms with Gasteiger partial charge in [0.2, 0.25) is 6.19 Å². The van der Waals surface area contributed by atoms with Crippen LogP contribution in [0, 0.1) is 18.4 Å². The van der Waals surface area contributed by atoms with E-state index < -0.39 is 5.54 Å². The summed E-state index contributed by atoms with van der Waals surface area (Å²) < 4.78 is 11.5. The van der Waals surface area contributed by atoms with E-state index in [0.717, 1.165) is 22.6 Å². The van der Waals surface area contributed by atoms with Crippen molar-refractivity contribution in [2.75, 3.05) is 43.2 Å². The van der Waals surface area contributed by atoms with Crippen LogP contribution in [0.5, 0.6) is 0 Å². The fourth-order valence-corrected chi connectivity index (χ4v) is 4.96. The summed E-state index contributed by atoms with van der Waals surface area (Å²) in [6, 6.07) is 8.80. The zero-order valence-corrected chi connectivity index (χ0v) is 22.2. The van der Waals surface area contributed by atoms with Gasteiger partial charge < -0.3 is 25.0 Å². The molecular formula is C25H30ClN5O4S. The molecule has 4 rings (SSSR count). The number of nitrogens with zero attached hydrogens (tertiary/aromatic N) is 3. The van der Waals surface area contributed by atoms with E-state index in [4.69, 9.17) is 26.3 Å². The Kier molecular flexibility index (Phi) is 9.84. The van der Waals surface area contributed by atoms with Crippen molar-refractivity contribution in [1.29, 1.82) is 5.26 Å². The third-order valence-electron chi connectivity index (χ3n) is 5.77.